The van der Waals surface area contributed by atoms with Gasteiger partial charge in [0.05, 0.1) is 16.1 Å². The number of hydrogen-bond donors (Lipinski definition) is 0. The fourth-order valence-electron chi connectivity index (χ4n) is 1.32. The van der Waals surface area contributed by atoms with Crippen molar-refractivity contribution in [3.05, 3.63) is 41.0 Å². The largest absolute Gasteiger partial charge is 0.418 e. The molecule has 0 atom stereocenters. The lowest BCUT2D eigenvalue weighted by Gasteiger charge is -2.09. The Morgan fingerprint density at radius 2 is 2.00 bits per heavy atom. The van der Waals surface area contributed by atoms with Crippen LogP contribution in [0.1, 0.15) is 5.56 Å². The molecule has 0 fully saturated rings. The van der Waals surface area contributed by atoms with Crippen LogP contribution in [0, 0.1) is 6.07 Å². The third-order valence-electron chi connectivity index (χ3n) is 1.96. The maximum atomic E-state index is 12.6. The number of nitrogens with zero attached hydrogens (tertiary/aromatic N) is 1. The van der Waals surface area contributed by atoms with Gasteiger partial charge in [0, 0.05) is 17.6 Å². The smallest absolute Gasteiger partial charge is 0.255 e. The minimum absolute atomic E-state index is 0.145. The van der Waals surface area contributed by atoms with Crippen LogP contribution in [0.2, 0.25) is 5.02 Å². The average Bonchev–Trinajstić information content (AvgIpc) is 2.16. The van der Waals surface area contributed by atoms with Crippen LogP contribution in [0.4, 0.5) is 13.2 Å². The predicted octanol–water partition coefficient (Wildman–Crippen LogP) is 3.71. The number of para-hydroxylation sites is 1. The Kier molecular flexibility index (Phi) is 2.31. The molecular weight excluding hydrogens is 227 g/mol. The molecule has 0 bridgehead atoms. The van der Waals surface area contributed by atoms with Gasteiger partial charge >= 0.3 is 6.18 Å². The summed E-state index contributed by atoms with van der Waals surface area (Å²) < 4.78 is 37.7. The molecule has 0 aliphatic heterocycles. The van der Waals surface area contributed by atoms with E-state index in [0.717, 1.165) is 12.3 Å². The van der Waals surface area contributed by atoms with Crippen LogP contribution in [0.5, 0.6) is 0 Å². The molecule has 1 heterocycles. The van der Waals surface area contributed by atoms with Crippen LogP contribution in [0.15, 0.2) is 24.4 Å². The molecule has 1 aromatic carbocycles. The Balaban J connectivity index is 2.83. The lowest BCUT2D eigenvalue weighted by Crippen LogP contribution is -2.06. The van der Waals surface area contributed by atoms with Gasteiger partial charge < -0.3 is 0 Å². The molecule has 5 heteroatoms. The first-order valence-electron chi connectivity index (χ1n) is 4.02. The van der Waals surface area contributed by atoms with E-state index in [1.54, 1.807) is 0 Å². The van der Waals surface area contributed by atoms with Crippen LogP contribution in [-0.2, 0) is 6.18 Å². The second-order valence-corrected chi connectivity index (χ2v) is 3.29. The Labute approximate surface area is 88.5 Å². The van der Waals surface area contributed by atoms with Crippen molar-refractivity contribution in [3.8, 4) is 0 Å². The van der Waals surface area contributed by atoms with Crippen molar-refractivity contribution in [2.75, 3.05) is 0 Å². The first kappa shape index (κ1) is 10.2. The zero-order chi connectivity index (χ0) is 11.1. The van der Waals surface area contributed by atoms with Crippen LogP contribution < -0.4 is 0 Å². The van der Waals surface area contributed by atoms with Gasteiger partial charge in [-0.15, -0.1) is 0 Å². The van der Waals surface area contributed by atoms with Gasteiger partial charge in [0.1, 0.15) is 0 Å². The van der Waals surface area contributed by atoms with Crippen molar-refractivity contribution in [1.82, 2.24) is 4.98 Å². The average molecular weight is 231 g/mol. The molecule has 2 rings (SSSR count). The van der Waals surface area contributed by atoms with Crippen molar-refractivity contribution in [2.45, 2.75) is 6.18 Å². The summed E-state index contributed by atoms with van der Waals surface area (Å²) in [4.78, 5) is 3.65. The highest BCUT2D eigenvalue weighted by atomic mass is 35.5. The maximum absolute atomic E-state index is 12.6. The molecule has 2 aromatic rings. The van der Waals surface area contributed by atoms with Crippen molar-refractivity contribution in [2.24, 2.45) is 0 Å². The highest BCUT2D eigenvalue weighted by Gasteiger charge is 2.33. The summed E-state index contributed by atoms with van der Waals surface area (Å²) in [5.74, 6) is 0. The van der Waals surface area contributed by atoms with Gasteiger partial charge in [0.25, 0.3) is 0 Å². The summed E-state index contributed by atoms with van der Waals surface area (Å²) in [7, 11) is 0. The number of halogens is 4. The number of aromatic nitrogens is 1. The zero-order valence-electron chi connectivity index (χ0n) is 7.27. The molecule has 0 N–H and O–H groups in total. The van der Waals surface area contributed by atoms with Gasteiger partial charge in [-0.2, -0.15) is 13.2 Å². The molecule has 0 amide bonds. The molecule has 0 aliphatic rings. The van der Waals surface area contributed by atoms with E-state index in [1.165, 1.54) is 12.1 Å². The minimum atomic E-state index is -4.42. The number of benzene rings is 1. The van der Waals surface area contributed by atoms with Crippen molar-refractivity contribution in [3.63, 3.8) is 0 Å². The second-order valence-electron chi connectivity index (χ2n) is 2.92. The summed E-state index contributed by atoms with van der Waals surface area (Å²) in [5, 5.41) is 0.403. The van der Waals surface area contributed by atoms with Crippen molar-refractivity contribution >= 4 is 22.5 Å². The monoisotopic (exact) mass is 230 g/mol. The molecule has 77 valence electrons. The van der Waals surface area contributed by atoms with Crippen molar-refractivity contribution < 1.29 is 13.2 Å². The topological polar surface area (TPSA) is 12.9 Å². The molecule has 0 saturated carbocycles. The van der Waals surface area contributed by atoms with Gasteiger partial charge in [-0.1, -0.05) is 23.7 Å². The zero-order valence-corrected chi connectivity index (χ0v) is 8.02. The van der Waals surface area contributed by atoms with E-state index in [9.17, 15) is 13.2 Å². The van der Waals surface area contributed by atoms with E-state index in [4.69, 9.17) is 11.6 Å². The number of fused-ring (bicyclic) bond motifs is 1. The number of alkyl halides is 3. The van der Waals surface area contributed by atoms with Gasteiger partial charge in [-0.05, 0) is 6.07 Å². The summed E-state index contributed by atoms with van der Waals surface area (Å²) in [6, 6.07) is 6.30. The van der Waals surface area contributed by atoms with Gasteiger partial charge in [-0.25, -0.2) is 0 Å². The van der Waals surface area contributed by atoms with E-state index in [-0.39, 0.29) is 15.9 Å². The van der Waals surface area contributed by atoms with Crippen LogP contribution in [0.3, 0.4) is 0 Å². The molecule has 1 aromatic heterocycles. The van der Waals surface area contributed by atoms with Crippen LogP contribution in [-0.4, -0.2) is 4.98 Å². The SMILES string of the molecule is FC(F)(F)c1cccc2c(Cl)[c]cnc12. The predicted molar refractivity (Wildman–Crippen MR) is 50.6 cm³/mol. The first-order valence-corrected chi connectivity index (χ1v) is 4.40. The molecule has 15 heavy (non-hydrogen) atoms. The lowest BCUT2D eigenvalue weighted by molar-refractivity contribution is -0.136. The number of pyridine rings is 1. The molecule has 0 spiro atoms. The Morgan fingerprint density at radius 1 is 1.27 bits per heavy atom. The van der Waals surface area contributed by atoms with E-state index in [1.807, 2.05) is 0 Å². The van der Waals surface area contributed by atoms with Crippen molar-refractivity contribution in [1.29, 1.82) is 0 Å². The second kappa shape index (κ2) is 3.38. The third kappa shape index (κ3) is 1.77. The van der Waals surface area contributed by atoms with Crippen LogP contribution in [0.25, 0.3) is 10.9 Å². The maximum Gasteiger partial charge on any atom is 0.418 e. The first-order chi connectivity index (χ1) is 7.00. The fraction of sp³-hybridized carbons (Fsp3) is 0.100. The molecule has 1 nitrogen and oxygen atoms in total. The van der Waals surface area contributed by atoms with E-state index < -0.39 is 11.7 Å². The summed E-state index contributed by atoms with van der Waals surface area (Å²) in [6.07, 6.45) is -3.28. The quantitative estimate of drug-likeness (QED) is 0.672. The third-order valence-corrected chi connectivity index (χ3v) is 2.28. The summed E-state index contributed by atoms with van der Waals surface area (Å²) >= 11 is 5.72. The standard InChI is InChI=1S/C10H4ClF3N/c11-8-4-5-15-9-6(8)2-1-3-7(9)10(12,13)14/h1-3,5H. The lowest BCUT2D eigenvalue weighted by atomic mass is 10.1. The Morgan fingerprint density at radius 3 is 2.67 bits per heavy atom. The van der Waals surface area contributed by atoms with E-state index in [0.29, 0.717) is 0 Å². The molecule has 0 saturated heterocycles. The van der Waals surface area contributed by atoms with E-state index in [2.05, 4.69) is 11.1 Å². The number of rotatable bonds is 0. The molecular formula is C10H4ClF3N. The van der Waals surface area contributed by atoms with Gasteiger partial charge in [-0.3, -0.25) is 4.98 Å². The normalized spacial score (nSPS) is 12.0. The van der Waals surface area contributed by atoms with Crippen LogP contribution >= 0.6 is 11.6 Å². The summed E-state index contributed by atoms with van der Waals surface area (Å²) in [5.41, 5.74) is -0.926. The Hall–Kier alpha value is -1.29. The molecule has 1 radical (unpaired) electrons. The number of hydrogen-bond acceptors (Lipinski definition) is 1. The highest BCUT2D eigenvalue weighted by Crippen LogP contribution is 2.35. The molecule has 0 aliphatic carbocycles. The van der Waals surface area contributed by atoms with Gasteiger partial charge in [0.15, 0.2) is 0 Å². The summed E-state index contributed by atoms with van der Waals surface area (Å²) in [6.45, 7) is 0. The van der Waals surface area contributed by atoms with E-state index >= 15 is 0 Å². The van der Waals surface area contributed by atoms with Gasteiger partial charge in [0.2, 0.25) is 0 Å². The fourth-order valence-corrected chi connectivity index (χ4v) is 1.52. The highest BCUT2D eigenvalue weighted by molar-refractivity contribution is 6.35. The Bertz CT molecular complexity index is 507. The molecule has 0 unspecified atom stereocenters. The minimum Gasteiger partial charge on any atom is -0.255 e.